The molecule has 26 heavy (non-hydrogen) atoms. The molecule has 2 aromatic carbocycles. The van der Waals surface area contributed by atoms with Crippen molar-refractivity contribution in [2.45, 2.75) is 39.5 Å². The highest BCUT2D eigenvalue weighted by Crippen LogP contribution is 2.27. The molecule has 0 aliphatic rings. The van der Waals surface area contributed by atoms with Crippen molar-refractivity contribution in [3.63, 3.8) is 0 Å². The van der Waals surface area contributed by atoms with Gasteiger partial charge in [-0.25, -0.2) is 0 Å². The molecule has 0 fully saturated rings. The Bertz CT molecular complexity index is 759. The first-order valence-electron chi connectivity index (χ1n) is 8.77. The molecule has 0 atom stereocenters. The molecule has 4 nitrogen and oxygen atoms in total. The van der Waals surface area contributed by atoms with Crippen LogP contribution in [0.3, 0.4) is 0 Å². The fourth-order valence-corrected chi connectivity index (χ4v) is 3.03. The van der Waals surface area contributed by atoms with E-state index < -0.39 is 0 Å². The third-order valence-corrected chi connectivity index (χ3v) is 4.41. The second-order valence-corrected chi connectivity index (χ2v) is 6.93. The van der Waals surface area contributed by atoms with Gasteiger partial charge in [-0.15, -0.1) is 0 Å². The Morgan fingerprint density at radius 1 is 1.19 bits per heavy atom. The van der Waals surface area contributed by atoms with Crippen LogP contribution in [0.15, 0.2) is 36.4 Å². The summed E-state index contributed by atoms with van der Waals surface area (Å²) in [5.41, 5.74) is 3.21. The second kappa shape index (κ2) is 9.48. The molecule has 0 saturated carbocycles. The molecule has 0 unspecified atom stereocenters. The van der Waals surface area contributed by atoms with E-state index >= 15 is 0 Å². The average Bonchev–Trinajstić information content (AvgIpc) is 2.58. The fourth-order valence-electron chi connectivity index (χ4n) is 2.78. The van der Waals surface area contributed by atoms with Crippen molar-refractivity contribution in [2.24, 2.45) is 0 Å². The predicted molar refractivity (Wildman–Crippen MR) is 107 cm³/mol. The van der Waals surface area contributed by atoms with Crippen LogP contribution in [-0.4, -0.2) is 19.6 Å². The lowest BCUT2D eigenvalue weighted by Crippen LogP contribution is -2.12. The Morgan fingerprint density at radius 3 is 2.58 bits per heavy atom. The molecule has 0 bridgehead atoms. The van der Waals surface area contributed by atoms with Crippen LogP contribution in [0.2, 0.25) is 5.02 Å². The zero-order valence-corrected chi connectivity index (χ0v) is 16.5. The molecule has 0 aliphatic carbocycles. The van der Waals surface area contributed by atoms with Gasteiger partial charge in [-0.3, -0.25) is 4.79 Å². The van der Waals surface area contributed by atoms with Gasteiger partial charge in [-0.1, -0.05) is 31.5 Å². The van der Waals surface area contributed by atoms with E-state index in [4.69, 9.17) is 21.1 Å². The summed E-state index contributed by atoms with van der Waals surface area (Å²) >= 11 is 6.05. The van der Waals surface area contributed by atoms with E-state index in [1.165, 1.54) is 11.1 Å². The summed E-state index contributed by atoms with van der Waals surface area (Å²) < 4.78 is 10.8. The van der Waals surface area contributed by atoms with Crippen LogP contribution >= 0.6 is 11.6 Å². The third kappa shape index (κ3) is 5.67. The molecule has 140 valence electrons. The lowest BCUT2D eigenvalue weighted by atomic mass is 9.98. The number of ether oxygens (including phenoxy) is 2. The van der Waals surface area contributed by atoms with Crippen molar-refractivity contribution in [2.75, 3.05) is 19.0 Å². The van der Waals surface area contributed by atoms with Crippen LogP contribution < -0.4 is 14.8 Å². The summed E-state index contributed by atoms with van der Waals surface area (Å²) in [6.45, 7) is 6.95. The molecule has 0 saturated heterocycles. The smallest absolute Gasteiger partial charge is 0.224 e. The van der Waals surface area contributed by atoms with Gasteiger partial charge < -0.3 is 14.8 Å². The zero-order valence-electron chi connectivity index (χ0n) is 15.8. The van der Waals surface area contributed by atoms with Gasteiger partial charge in [-0.05, 0) is 60.7 Å². The monoisotopic (exact) mass is 375 g/mol. The van der Waals surface area contributed by atoms with E-state index in [-0.39, 0.29) is 5.91 Å². The summed E-state index contributed by atoms with van der Waals surface area (Å²) in [6, 6.07) is 11.3. The number of halogens is 1. The van der Waals surface area contributed by atoms with Gasteiger partial charge in [-0.2, -0.15) is 0 Å². The van der Waals surface area contributed by atoms with Crippen LogP contribution in [0.5, 0.6) is 11.5 Å². The highest BCUT2D eigenvalue weighted by Gasteiger charge is 2.07. The average molecular weight is 376 g/mol. The van der Waals surface area contributed by atoms with Crippen molar-refractivity contribution in [1.29, 1.82) is 0 Å². The Hall–Kier alpha value is -2.20. The fraction of sp³-hybridized carbons (Fsp3) is 0.381. The lowest BCUT2D eigenvalue weighted by Gasteiger charge is -2.12. The minimum Gasteiger partial charge on any atom is -0.495 e. The second-order valence-electron chi connectivity index (χ2n) is 6.52. The first-order chi connectivity index (χ1) is 12.4. The topological polar surface area (TPSA) is 47.6 Å². The number of hydrogen-bond acceptors (Lipinski definition) is 3. The highest BCUT2D eigenvalue weighted by atomic mass is 35.5. The SMILES string of the molecule is COc1ccc(NC(=O)CCCOc2ccc(C(C)C)c(C)c2)cc1Cl. The summed E-state index contributed by atoms with van der Waals surface area (Å²) in [5, 5.41) is 3.29. The quantitative estimate of drug-likeness (QED) is 0.613. The molecular weight excluding hydrogens is 350 g/mol. The number of carbonyl (C=O) groups excluding carboxylic acids is 1. The summed E-state index contributed by atoms with van der Waals surface area (Å²) in [7, 11) is 1.55. The molecule has 2 aromatic rings. The number of benzene rings is 2. The molecule has 0 spiro atoms. The third-order valence-electron chi connectivity index (χ3n) is 4.12. The normalized spacial score (nSPS) is 10.7. The highest BCUT2D eigenvalue weighted by molar-refractivity contribution is 6.32. The maximum Gasteiger partial charge on any atom is 0.224 e. The number of rotatable bonds is 8. The van der Waals surface area contributed by atoms with E-state index in [1.54, 1.807) is 25.3 Å². The number of nitrogens with one attached hydrogen (secondary N) is 1. The largest absolute Gasteiger partial charge is 0.495 e. The maximum atomic E-state index is 12.0. The van der Waals surface area contributed by atoms with Gasteiger partial charge in [0, 0.05) is 12.1 Å². The number of carbonyl (C=O) groups is 1. The summed E-state index contributed by atoms with van der Waals surface area (Å²) in [6.07, 6.45) is 1.02. The van der Waals surface area contributed by atoms with Crippen LogP contribution in [0.4, 0.5) is 5.69 Å². The number of aryl methyl sites for hydroxylation is 1. The van der Waals surface area contributed by atoms with E-state index in [2.05, 4.69) is 38.2 Å². The number of hydrogen-bond donors (Lipinski definition) is 1. The minimum absolute atomic E-state index is 0.0684. The summed E-state index contributed by atoms with van der Waals surface area (Å²) in [5.74, 6) is 1.85. The van der Waals surface area contributed by atoms with Gasteiger partial charge in [0.15, 0.2) is 0 Å². The molecule has 0 aromatic heterocycles. The molecule has 0 heterocycles. The molecule has 2 rings (SSSR count). The van der Waals surface area contributed by atoms with Crippen molar-refractivity contribution in [1.82, 2.24) is 0 Å². The lowest BCUT2D eigenvalue weighted by molar-refractivity contribution is -0.116. The van der Waals surface area contributed by atoms with E-state index in [9.17, 15) is 4.79 Å². The molecule has 0 aliphatic heterocycles. The van der Waals surface area contributed by atoms with Gasteiger partial charge in [0.1, 0.15) is 11.5 Å². The van der Waals surface area contributed by atoms with Crippen molar-refractivity contribution in [3.8, 4) is 11.5 Å². The van der Waals surface area contributed by atoms with E-state index in [1.807, 2.05) is 6.07 Å². The van der Waals surface area contributed by atoms with E-state index in [0.29, 0.717) is 41.8 Å². The van der Waals surface area contributed by atoms with Crippen LogP contribution in [-0.2, 0) is 4.79 Å². The predicted octanol–water partition coefficient (Wildman–Crippen LogP) is 5.58. The molecule has 1 amide bonds. The number of anilines is 1. The Labute approximate surface area is 160 Å². The molecule has 0 radical (unpaired) electrons. The first-order valence-corrected chi connectivity index (χ1v) is 9.15. The van der Waals surface area contributed by atoms with Crippen molar-refractivity contribution in [3.05, 3.63) is 52.5 Å². The molecule has 1 N–H and O–H groups in total. The molecule has 5 heteroatoms. The first kappa shape index (κ1) is 20.1. The Kier molecular flexibility index (Phi) is 7.34. The van der Waals surface area contributed by atoms with Crippen molar-refractivity contribution >= 4 is 23.2 Å². The Morgan fingerprint density at radius 2 is 1.96 bits per heavy atom. The van der Waals surface area contributed by atoms with Crippen LogP contribution in [0, 0.1) is 6.92 Å². The standard InChI is InChI=1S/C21H26ClNO3/c1-14(2)18-9-8-17(12-15(18)3)26-11-5-6-21(24)23-16-7-10-20(25-4)19(22)13-16/h7-10,12-14H,5-6,11H2,1-4H3,(H,23,24). The van der Waals surface area contributed by atoms with Gasteiger partial charge in [0.25, 0.3) is 0 Å². The Balaban J connectivity index is 1.76. The van der Waals surface area contributed by atoms with Gasteiger partial charge in [0.2, 0.25) is 5.91 Å². The van der Waals surface area contributed by atoms with Crippen LogP contribution in [0.25, 0.3) is 0 Å². The zero-order chi connectivity index (χ0) is 19.1. The minimum atomic E-state index is -0.0684. The van der Waals surface area contributed by atoms with Gasteiger partial charge in [0.05, 0.1) is 18.7 Å². The maximum absolute atomic E-state index is 12.0. The number of amides is 1. The van der Waals surface area contributed by atoms with E-state index in [0.717, 1.165) is 5.75 Å². The number of methoxy groups -OCH3 is 1. The molecular formula is C21H26ClNO3. The summed E-state index contributed by atoms with van der Waals surface area (Å²) in [4.78, 5) is 12.0. The van der Waals surface area contributed by atoms with Crippen LogP contribution in [0.1, 0.15) is 43.7 Å². The van der Waals surface area contributed by atoms with Gasteiger partial charge >= 0.3 is 0 Å². The van der Waals surface area contributed by atoms with Crippen molar-refractivity contribution < 1.29 is 14.3 Å².